The number of benzene rings is 3. The number of carbonyl (C=O) groups is 2. The van der Waals surface area contributed by atoms with Crippen LogP contribution in [0.25, 0.3) is 11.1 Å². The van der Waals surface area contributed by atoms with Crippen molar-refractivity contribution in [3.63, 3.8) is 0 Å². The molecule has 41 heavy (non-hydrogen) atoms. The maximum atomic E-state index is 15.2. The molecule has 3 aromatic carbocycles. The number of cyclic esters (lactones) is 1. The lowest BCUT2D eigenvalue weighted by molar-refractivity contribution is -0.150. The predicted molar refractivity (Wildman–Crippen MR) is 158 cm³/mol. The third-order valence-electron chi connectivity index (χ3n) is 6.72. The number of amides is 1. The Balaban J connectivity index is 1.19. The first-order valence-electron chi connectivity index (χ1n) is 13.2. The largest absolute Gasteiger partial charge is 0.497 e. The lowest BCUT2D eigenvalue weighted by Crippen LogP contribution is -2.49. The number of ether oxygens (including phenoxy) is 2. The van der Waals surface area contributed by atoms with E-state index in [2.05, 4.69) is 10.6 Å². The van der Waals surface area contributed by atoms with Crippen molar-refractivity contribution >= 4 is 34.0 Å². The zero-order chi connectivity index (χ0) is 28.8. The first kappa shape index (κ1) is 28.1. The molecule has 1 atom stereocenters. The highest BCUT2D eigenvalue weighted by atomic mass is 32.1. The van der Waals surface area contributed by atoms with Gasteiger partial charge in [-0.15, -0.1) is 11.3 Å². The van der Waals surface area contributed by atoms with E-state index in [4.69, 9.17) is 14.5 Å². The average molecular weight is 575 g/mol. The molecule has 0 aliphatic carbocycles. The fraction of sp³-hybridized carbons (Fsp3) is 0.258. The molecule has 1 amide bonds. The molecule has 1 saturated heterocycles. The number of thiazole rings is 1. The van der Waals surface area contributed by atoms with E-state index >= 15 is 4.39 Å². The zero-order valence-electron chi connectivity index (χ0n) is 22.9. The standard InChI is InChI=1S/C31H31FN4O4S/c1-20(37)33-16-27-17-36(18-30(38)40-27)25-10-11-28(29(32)14-25)23-8-6-21(7-9-23)12-24-19-41-31(35-24)34-15-22-4-3-5-26(13-22)39-2/h3-11,13-14,19,27H,12,15-18H2,1-2H3,(H,33,37)(H,34,35). The Morgan fingerprint density at radius 2 is 1.98 bits per heavy atom. The number of carbonyl (C=O) groups excluding carboxylic acids is 2. The number of hydrogen-bond acceptors (Lipinski definition) is 8. The van der Waals surface area contributed by atoms with Crippen LogP contribution in [0.4, 0.5) is 15.2 Å². The van der Waals surface area contributed by atoms with Gasteiger partial charge in [0.25, 0.3) is 0 Å². The van der Waals surface area contributed by atoms with Gasteiger partial charge >= 0.3 is 5.97 Å². The van der Waals surface area contributed by atoms with E-state index in [1.54, 1.807) is 35.5 Å². The predicted octanol–water partition coefficient (Wildman–Crippen LogP) is 5.03. The molecule has 1 fully saturated rings. The Kier molecular flexibility index (Phi) is 8.79. The Labute approximate surface area is 242 Å². The number of morpholine rings is 1. The summed E-state index contributed by atoms with van der Waals surface area (Å²) in [5.41, 5.74) is 4.98. The van der Waals surface area contributed by atoms with Crippen molar-refractivity contribution in [3.8, 4) is 16.9 Å². The first-order chi connectivity index (χ1) is 19.9. The highest BCUT2D eigenvalue weighted by Gasteiger charge is 2.27. The fourth-order valence-electron chi connectivity index (χ4n) is 4.66. The summed E-state index contributed by atoms with van der Waals surface area (Å²) in [6.07, 6.45) is 0.178. The van der Waals surface area contributed by atoms with E-state index in [0.29, 0.717) is 30.8 Å². The van der Waals surface area contributed by atoms with Gasteiger partial charge in [0.1, 0.15) is 24.2 Å². The second-order valence-electron chi connectivity index (χ2n) is 9.82. The van der Waals surface area contributed by atoms with Crippen molar-refractivity contribution in [2.45, 2.75) is 26.0 Å². The lowest BCUT2D eigenvalue weighted by Gasteiger charge is -2.33. The van der Waals surface area contributed by atoms with Crippen LogP contribution >= 0.6 is 11.3 Å². The Morgan fingerprint density at radius 3 is 2.73 bits per heavy atom. The van der Waals surface area contributed by atoms with Crippen LogP contribution in [-0.2, 0) is 27.3 Å². The van der Waals surface area contributed by atoms with Gasteiger partial charge in [0, 0.05) is 36.5 Å². The van der Waals surface area contributed by atoms with Gasteiger partial charge in [0.05, 0.1) is 25.9 Å². The van der Waals surface area contributed by atoms with Crippen LogP contribution in [0.5, 0.6) is 5.75 Å². The number of hydrogen-bond donors (Lipinski definition) is 2. The summed E-state index contributed by atoms with van der Waals surface area (Å²) >= 11 is 1.56. The van der Waals surface area contributed by atoms with Crippen molar-refractivity contribution in [2.75, 3.05) is 37.0 Å². The Hall–Kier alpha value is -4.44. The molecule has 2 heterocycles. The van der Waals surface area contributed by atoms with E-state index in [-0.39, 0.29) is 24.8 Å². The molecule has 0 saturated carbocycles. The quantitative estimate of drug-likeness (QED) is 0.257. The summed E-state index contributed by atoms with van der Waals surface area (Å²) in [4.78, 5) is 29.7. The molecule has 4 aromatic rings. The number of nitrogens with zero attached hydrogens (tertiary/aromatic N) is 2. The van der Waals surface area contributed by atoms with Crippen molar-refractivity contribution < 1.29 is 23.5 Å². The summed E-state index contributed by atoms with van der Waals surface area (Å²) in [5, 5.41) is 8.91. The number of methoxy groups -OCH3 is 1. The topological polar surface area (TPSA) is 92.8 Å². The molecule has 8 nitrogen and oxygen atoms in total. The van der Waals surface area contributed by atoms with Gasteiger partial charge in [0.15, 0.2) is 5.13 Å². The Morgan fingerprint density at radius 1 is 1.15 bits per heavy atom. The van der Waals surface area contributed by atoms with Gasteiger partial charge in [-0.25, -0.2) is 9.37 Å². The van der Waals surface area contributed by atoms with Gasteiger partial charge in [-0.1, -0.05) is 36.4 Å². The normalized spacial score (nSPS) is 14.9. The van der Waals surface area contributed by atoms with Gasteiger partial charge < -0.3 is 25.0 Å². The van der Waals surface area contributed by atoms with Crippen LogP contribution < -0.4 is 20.3 Å². The average Bonchev–Trinajstić information content (AvgIpc) is 3.42. The monoisotopic (exact) mass is 574 g/mol. The van der Waals surface area contributed by atoms with Crippen LogP contribution in [0.1, 0.15) is 23.7 Å². The molecule has 1 unspecified atom stereocenters. The Bertz CT molecular complexity index is 1520. The van der Waals surface area contributed by atoms with Crippen molar-refractivity contribution in [1.29, 1.82) is 0 Å². The van der Waals surface area contributed by atoms with Gasteiger partial charge in [-0.05, 0) is 47.0 Å². The molecule has 0 bridgehead atoms. The van der Waals surface area contributed by atoms with Crippen LogP contribution in [-0.4, -0.2) is 49.7 Å². The fourth-order valence-corrected chi connectivity index (χ4v) is 5.37. The van der Waals surface area contributed by atoms with E-state index in [1.165, 1.54) is 13.0 Å². The first-order valence-corrected chi connectivity index (χ1v) is 14.1. The van der Waals surface area contributed by atoms with Crippen LogP contribution in [0, 0.1) is 5.82 Å². The summed E-state index contributed by atoms with van der Waals surface area (Å²) in [6, 6.07) is 20.7. The lowest BCUT2D eigenvalue weighted by atomic mass is 10.0. The number of anilines is 2. The van der Waals surface area contributed by atoms with Crippen LogP contribution in [0.3, 0.4) is 0 Å². The molecule has 1 aliphatic rings. The summed E-state index contributed by atoms with van der Waals surface area (Å²) in [5.74, 6) is -0.163. The minimum absolute atomic E-state index is 0.0267. The second kappa shape index (κ2) is 12.8. The van der Waals surface area contributed by atoms with Crippen molar-refractivity contribution in [1.82, 2.24) is 10.3 Å². The number of halogens is 1. The third kappa shape index (κ3) is 7.40. The van der Waals surface area contributed by atoms with Crippen LogP contribution in [0.15, 0.2) is 72.1 Å². The number of nitrogens with one attached hydrogen (secondary N) is 2. The minimum atomic E-state index is -0.493. The molecule has 0 spiro atoms. The molecule has 10 heteroatoms. The molecule has 5 rings (SSSR count). The highest BCUT2D eigenvalue weighted by Crippen LogP contribution is 2.29. The maximum Gasteiger partial charge on any atom is 0.325 e. The molecular formula is C31H31FN4O4S. The minimum Gasteiger partial charge on any atom is -0.497 e. The SMILES string of the molecule is COc1cccc(CNc2nc(Cc3ccc(-c4ccc(N5CC(=O)OC(CNC(C)=O)C5)cc4F)cc3)cs2)c1. The summed E-state index contributed by atoms with van der Waals surface area (Å²) < 4.78 is 25.8. The third-order valence-corrected chi connectivity index (χ3v) is 7.57. The van der Waals surface area contributed by atoms with Gasteiger partial charge in [0.2, 0.25) is 5.91 Å². The van der Waals surface area contributed by atoms with Crippen LogP contribution in [0.2, 0.25) is 0 Å². The van der Waals surface area contributed by atoms with Crippen molar-refractivity contribution in [2.24, 2.45) is 0 Å². The van der Waals surface area contributed by atoms with Gasteiger partial charge in [-0.2, -0.15) is 0 Å². The zero-order valence-corrected chi connectivity index (χ0v) is 23.7. The molecule has 0 radical (unpaired) electrons. The highest BCUT2D eigenvalue weighted by molar-refractivity contribution is 7.13. The molecule has 1 aromatic heterocycles. The van der Waals surface area contributed by atoms with E-state index < -0.39 is 12.1 Å². The number of aromatic nitrogens is 1. The summed E-state index contributed by atoms with van der Waals surface area (Å²) in [7, 11) is 1.66. The summed E-state index contributed by atoms with van der Waals surface area (Å²) in [6.45, 7) is 2.67. The van der Waals surface area contributed by atoms with E-state index in [9.17, 15) is 9.59 Å². The van der Waals surface area contributed by atoms with Gasteiger partial charge in [-0.3, -0.25) is 9.59 Å². The molecule has 212 valence electrons. The smallest absolute Gasteiger partial charge is 0.325 e. The maximum absolute atomic E-state index is 15.2. The van der Waals surface area contributed by atoms with E-state index in [0.717, 1.165) is 33.3 Å². The van der Waals surface area contributed by atoms with E-state index in [1.807, 2.05) is 53.9 Å². The molecule has 1 aliphatic heterocycles. The molecular weight excluding hydrogens is 543 g/mol. The number of rotatable bonds is 10. The van der Waals surface area contributed by atoms with Crippen molar-refractivity contribution in [3.05, 3.63) is 94.7 Å². The number of esters is 1. The molecule has 2 N–H and O–H groups in total. The second-order valence-corrected chi connectivity index (χ2v) is 10.7.